The Bertz CT molecular complexity index is 476. The maximum absolute atomic E-state index is 13.7. The van der Waals surface area contributed by atoms with E-state index in [1.807, 2.05) is 6.92 Å². The summed E-state index contributed by atoms with van der Waals surface area (Å²) >= 11 is 0. The summed E-state index contributed by atoms with van der Waals surface area (Å²) in [5.41, 5.74) is 6.44. The Morgan fingerprint density at radius 2 is 2.28 bits per heavy atom. The van der Waals surface area contributed by atoms with Gasteiger partial charge in [0.1, 0.15) is 5.82 Å². The van der Waals surface area contributed by atoms with E-state index in [0.29, 0.717) is 17.9 Å². The standard InChI is InChI=1S/C13H17FN2O2/c1-7-10(14)5-9(13(15)17)6-12(7)16-11-3-4-18-8(11)2/h5-6,8,11,16H,3-4H2,1-2H3,(H2,15,17). The molecular weight excluding hydrogens is 235 g/mol. The lowest BCUT2D eigenvalue weighted by Gasteiger charge is -2.19. The number of rotatable bonds is 3. The lowest BCUT2D eigenvalue weighted by molar-refractivity contribution is 0.1000. The van der Waals surface area contributed by atoms with Crippen LogP contribution in [0.5, 0.6) is 0 Å². The zero-order chi connectivity index (χ0) is 13.3. The number of primary amides is 1. The van der Waals surface area contributed by atoms with Crippen LogP contribution in [0, 0.1) is 12.7 Å². The molecule has 2 rings (SSSR count). The van der Waals surface area contributed by atoms with Gasteiger partial charge in [-0.05, 0) is 32.4 Å². The number of nitrogens with two attached hydrogens (primary N) is 1. The molecule has 2 unspecified atom stereocenters. The molecule has 98 valence electrons. The first-order valence-electron chi connectivity index (χ1n) is 5.97. The molecule has 0 aromatic heterocycles. The van der Waals surface area contributed by atoms with E-state index in [0.717, 1.165) is 12.5 Å². The first-order chi connectivity index (χ1) is 8.49. The van der Waals surface area contributed by atoms with E-state index >= 15 is 0 Å². The van der Waals surface area contributed by atoms with Crippen molar-refractivity contribution in [3.63, 3.8) is 0 Å². The molecule has 4 nitrogen and oxygen atoms in total. The van der Waals surface area contributed by atoms with Crippen LogP contribution in [0.25, 0.3) is 0 Å². The quantitative estimate of drug-likeness (QED) is 0.862. The molecule has 1 fully saturated rings. The minimum Gasteiger partial charge on any atom is -0.379 e. The number of anilines is 1. The smallest absolute Gasteiger partial charge is 0.248 e. The van der Waals surface area contributed by atoms with Crippen LogP contribution in [0.1, 0.15) is 29.3 Å². The van der Waals surface area contributed by atoms with Gasteiger partial charge in [-0.2, -0.15) is 0 Å². The molecule has 18 heavy (non-hydrogen) atoms. The third-order valence-corrected chi connectivity index (χ3v) is 3.35. The summed E-state index contributed by atoms with van der Waals surface area (Å²) in [5, 5.41) is 3.22. The zero-order valence-electron chi connectivity index (χ0n) is 10.5. The summed E-state index contributed by atoms with van der Waals surface area (Å²) in [7, 11) is 0. The lowest BCUT2D eigenvalue weighted by atomic mass is 10.1. The Kier molecular flexibility index (Phi) is 3.52. The fourth-order valence-electron chi connectivity index (χ4n) is 2.09. The van der Waals surface area contributed by atoms with Crippen molar-refractivity contribution in [1.29, 1.82) is 0 Å². The first-order valence-corrected chi connectivity index (χ1v) is 5.97. The number of amides is 1. The van der Waals surface area contributed by atoms with Crippen molar-refractivity contribution in [1.82, 2.24) is 0 Å². The van der Waals surface area contributed by atoms with Gasteiger partial charge in [0.05, 0.1) is 12.1 Å². The molecule has 1 saturated heterocycles. The van der Waals surface area contributed by atoms with Gasteiger partial charge in [0.2, 0.25) is 5.91 Å². The van der Waals surface area contributed by atoms with Crippen molar-refractivity contribution in [3.05, 3.63) is 29.1 Å². The molecule has 1 aliphatic heterocycles. The lowest BCUT2D eigenvalue weighted by Crippen LogP contribution is -2.27. The van der Waals surface area contributed by atoms with Gasteiger partial charge in [-0.3, -0.25) is 4.79 Å². The van der Waals surface area contributed by atoms with Crippen LogP contribution < -0.4 is 11.1 Å². The molecule has 1 amide bonds. The largest absolute Gasteiger partial charge is 0.379 e. The van der Waals surface area contributed by atoms with E-state index in [4.69, 9.17) is 10.5 Å². The average Bonchev–Trinajstić information content (AvgIpc) is 2.70. The number of carbonyl (C=O) groups excluding carboxylic acids is 1. The molecule has 0 saturated carbocycles. The van der Waals surface area contributed by atoms with E-state index in [9.17, 15) is 9.18 Å². The van der Waals surface area contributed by atoms with Crippen LogP contribution >= 0.6 is 0 Å². The van der Waals surface area contributed by atoms with Crippen molar-refractivity contribution in [2.75, 3.05) is 11.9 Å². The number of carbonyl (C=O) groups is 1. The van der Waals surface area contributed by atoms with Crippen molar-refractivity contribution < 1.29 is 13.9 Å². The summed E-state index contributed by atoms with van der Waals surface area (Å²) < 4.78 is 19.1. The van der Waals surface area contributed by atoms with Gasteiger partial charge in [-0.25, -0.2) is 4.39 Å². The van der Waals surface area contributed by atoms with E-state index in [-0.39, 0.29) is 17.7 Å². The molecular formula is C13H17FN2O2. The number of halogens is 1. The van der Waals surface area contributed by atoms with Crippen molar-refractivity contribution in [2.24, 2.45) is 5.73 Å². The third-order valence-electron chi connectivity index (χ3n) is 3.35. The normalized spacial score (nSPS) is 23.1. The second-order valence-corrected chi connectivity index (χ2v) is 4.61. The minimum atomic E-state index is -0.632. The Morgan fingerprint density at radius 3 is 2.83 bits per heavy atom. The summed E-state index contributed by atoms with van der Waals surface area (Å²) in [6.07, 6.45) is 0.938. The molecule has 1 aliphatic rings. The van der Waals surface area contributed by atoms with Crippen molar-refractivity contribution >= 4 is 11.6 Å². The Labute approximate surface area is 105 Å². The molecule has 0 spiro atoms. The van der Waals surface area contributed by atoms with Crippen LogP contribution in [0.3, 0.4) is 0 Å². The Hall–Kier alpha value is -1.62. The summed E-state index contributed by atoms with van der Waals surface area (Å²) in [5.74, 6) is -1.06. The van der Waals surface area contributed by atoms with Gasteiger partial charge in [0, 0.05) is 23.4 Å². The highest BCUT2D eigenvalue weighted by molar-refractivity contribution is 5.94. The second kappa shape index (κ2) is 4.94. The zero-order valence-corrected chi connectivity index (χ0v) is 10.5. The first kappa shape index (κ1) is 12.8. The number of nitrogens with one attached hydrogen (secondary N) is 1. The minimum absolute atomic E-state index is 0.0738. The predicted octanol–water partition coefficient (Wildman–Crippen LogP) is 1.82. The fraction of sp³-hybridized carbons (Fsp3) is 0.462. The number of ether oxygens (including phenoxy) is 1. The van der Waals surface area contributed by atoms with Gasteiger partial charge >= 0.3 is 0 Å². The summed E-state index contributed by atoms with van der Waals surface area (Å²) in [4.78, 5) is 11.1. The van der Waals surface area contributed by atoms with Crippen LogP contribution in [0.2, 0.25) is 0 Å². The van der Waals surface area contributed by atoms with Gasteiger partial charge in [-0.1, -0.05) is 0 Å². The molecule has 0 bridgehead atoms. The van der Waals surface area contributed by atoms with Crippen LogP contribution in [-0.2, 0) is 4.74 Å². The van der Waals surface area contributed by atoms with Crippen LogP contribution in [-0.4, -0.2) is 24.7 Å². The van der Waals surface area contributed by atoms with Gasteiger partial charge in [0.25, 0.3) is 0 Å². The molecule has 0 aliphatic carbocycles. The molecule has 0 radical (unpaired) electrons. The Morgan fingerprint density at radius 1 is 1.56 bits per heavy atom. The van der Waals surface area contributed by atoms with Gasteiger partial charge in [0.15, 0.2) is 0 Å². The highest BCUT2D eigenvalue weighted by atomic mass is 19.1. The van der Waals surface area contributed by atoms with E-state index in [2.05, 4.69) is 5.32 Å². The second-order valence-electron chi connectivity index (χ2n) is 4.61. The molecule has 1 heterocycles. The molecule has 1 aromatic rings. The maximum Gasteiger partial charge on any atom is 0.248 e. The SMILES string of the molecule is Cc1c(F)cc(C(N)=O)cc1NC1CCOC1C. The van der Waals surface area contributed by atoms with Gasteiger partial charge in [-0.15, -0.1) is 0 Å². The third kappa shape index (κ3) is 2.46. The summed E-state index contributed by atoms with van der Waals surface area (Å²) in [6.45, 7) is 4.33. The topological polar surface area (TPSA) is 64.4 Å². The predicted molar refractivity (Wildman–Crippen MR) is 67.1 cm³/mol. The maximum atomic E-state index is 13.7. The highest BCUT2D eigenvalue weighted by Crippen LogP contribution is 2.24. The average molecular weight is 252 g/mol. The Balaban J connectivity index is 2.28. The molecule has 3 N–H and O–H groups in total. The van der Waals surface area contributed by atoms with Crippen molar-refractivity contribution in [3.8, 4) is 0 Å². The fourth-order valence-corrected chi connectivity index (χ4v) is 2.09. The number of hydrogen-bond donors (Lipinski definition) is 2. The highest BCUT2D eigenvalue weighted by Gasteiger charge is 2.25. The molecule has 2 atom stereocenters. The number of benzene rings is 1. The monoisotopic (exact) mass is 252 g/mol. The summed E-state index contributed by atoms with van der Waals surface area (Å²) in [6, 6.07) is 2.88. The van der Waals surface area contributed by atoms with E-state index in [1.165, 1.54) is 0 Å². The van der Waals surface area contributed by atoms with Crippen molar-refractivity contribution in [2.45, 2.75) is 32.4 Å². The van der Waals surface area contributed by atoms with Crippen LogP contribution in [0.4, 0.5) is 10.1 Å². The molecule has 5 heteroatoms. The van der Waals surface area contributed by atoms with Gasteiger partial charge < -0.3 is 15.8 Å². The van der Waals surface area contributed by atoms with E-state index in [1.54, 1.807) is 13.0 Å². The van der Waals surface area contributed by atoms with E-state index < -0.39 is 11.7 Å². The number of hydrogen-bond acceptors (Lipinski definition) is 3. The molecule has 1 aromatic carbocycles. The van der Waals surface area contributed by atoms with Crippen LogP contribution in [0.15, 0.2) is 12.1 Å².